The molecule has 1 amide bonds. The van der Waals surface area contributed by atoms with Crippen LogP contribution in [0.3, 0.4) is 0 Å². The second-order valence-corrected chi connectivity index (χ2v) is 6.71. The Labute approximate surface area is 117 Å². The predicted molar refractivity (Wildman–Crippen MR) is 70.3 cm³/mol. The molecule has 0 spiro atoms. The largest absolute Gasteiger partial charge is 0.464 e. The number of hydrogen-bond acceptors (Lipinski definition) is 3. The summed E-state index contributed by atoms with van der Waals surface area (Å²) in [5.74, 6) is -0.199. The summed E-state index contributed by atoms with van der Waals surface area (Å²) in [4.78, 5) is 25.8. The Morgan fingerprint density at radius 1 is 1.41 bits per heavy atom. The van der Waals surface area contributed by atoms with Gasteiger partial charge in [0.15, 0.2) is 0 Å². The number of rotatable bonds is 2. The SMILES string of the molecule is CCOC(=O)[C@H]1[C@@H]2C[C@@H](Br)[C@@H]([C@H]2Br)N1C(C)=O. The van der Waals surface area contributed by atoms with Crippen LogP contribution in [0.15, 0.2) is 0 Å². The van der Waals surface area contributed by atoms with Crippen molar-refractivity contribution in [1.82, 2.24) is 4.90 Å². The van der Waals surface area contributed by atoms with E-state index < -0.39 is 6.04 Å². The molecule has 0 radical (unpaired) electrons. The van der Waals surface area contributed by atoms with Gasteiger partial charge in [0.1, 0.15) is 6.04 Å². The van der Waals surface area contributed by atoms with E-state index in [4.69, 9.17) is 4.74 Å². The average molecular weight is 369 g/mol. The van der Waals surface area contributed by atoms with Crippen molar-refractivity contribution in [3.05, 3.63) is 0 Å². The van der Waals surface area contributed by atoms with Gasteiger partial charge >= 0.3 is 5.97 Å². The number of halogens is 2. The lowest BCUT2D eigenvalue weighted by Gasteiger charge is -2.35. The molecule has 0 aromatic heterocycles. The van der Waals surface area contributed by atoms with Crippen LogP contribution in [0.1, 0.15) is 20.3 Å². The van der Waals surface area contributed by atoms with Gasteiger partial charge in [0.2, 0.25) is 5.91 Å². The first-order chi connectivity index (χ1) is 7.99. The number of hydrogen-bond donors (Lipinski definition) is 0. The quantitative estimate of drug-likeness (QED) is 0.550. The fourth-order valence-corrected chi connectivity index (χ4v) is 5.48. The zero-order valence-corrected chi connectivity index (χ0v) is 12.9. The van der Waals surface area contributed by atoms with E-state index in [0.29, 0.717) is 6.61 Å². The number of nitrogens with zero attached hydrogens (tertiary/aromatic N) is 1. The predicted octanol–water partition coefficient (Wildman–Crippen LogP) is 1.70. The van der Waals surface area contributed by atoms with Crippen molar-refractivity contribution in [1.29, 1.82) is 0 Å². The van der Waals surface area contributed by atoms with Crippen molar-refractivity contribution in [2.75, 3.05) is 6.61 Å². The zero-order chi connectivity index (χ0) is 12.7. The second-order valence-electron chi connectivity index (χ2n) is 4.47. The highest BCUT2D eigenvalue weighted by atomic mass is 79.9. The van der Waals surface area contributed by atoms with Gasteiger partial charge in [-0.2, -0.15) is 0 Å². The Morgan fingerprint density at radius 2 is 2.06 bits per heavy atom. The number of amides is 1. The number of carbonyl (C=O) groups excluding carboxylic acids is 2. The van der Waals surface area contributed by atoms with E-state index in [1.54, 1.807) is 11.8 Å². The Bertz CT molecular complexity index is 350. The van der Waals surface area contributed by atoms with Crippen LogP contribution in [-0.2, 0) is 14.3 Å². The van der Waals surface area contributed by atoms with Gasteiger partial charge in [0.25, 0.3) is 0 Å². The van der Waals surface area contributed by atoms with Gasteiger partial charge in [-0.05, 0) is 13.3 Å². The molecule has 2 fully saturated rings. The first kappa shape index (κ1) is 13.3. The van der Waals surface area contributed by atoms with Crippen molar-refractivity contribution in [2.24, 2.45) is 5.92 Å². The molecule has 0 unspecified atom stereocenters. The van der Waals surface area contributed by atoms with E-state index in [-0.39, 0.29) is 33.5 Å². The topological polar surface area (TPSA) is 46.6 Å². The highest BCUT2D eigenvalue weighted by Gasteiger charge is 2.60. The minimum Gasteiger partial charge on any atom is -0.464 e. The highest BCUT2D eigenvalue weighted by Crippen LogP contribution is 2.49. The monoisotopic (exact) mass is 367 g/mol. The van der Waals surface area contributed by atoms with Gasteiger partial charge in [-0.1, -0.05) is 31.9 Å². The Balaban J connectivity index is 2.26. The molecule has 0 N–H and O–H groups in total. The van der Waals surface area contributed by atoms with Gasteiger partial charge in [0.05, 0.1) is 12.6 Å². The molecule has 1 aliphatic heterocycles. The van der Waals surface area contributed by atoms with E-state index in [9.17, 15) is 9.59 Å². The van der Waals surface area contributed by atoms with E-state index in [0.717, 1.165) is 6.42 Å². The van der Waals surface area contributed by atoms with Crippen molar-refractivity contribution >= 4 is 43.7 Å². The molecule has 1 aliphatic carbocycles. The van der Waals surface area contributed by atoms with Crippen molar-refractivity contribution in [3.63, 3.8) is 0 Å². The lowest BCUT2D eigenvalue weighted by molar-refractivity contribution is -0.156. The Morgan fingerprint density at radius 3 is 2.59 bits per heavy atom. The molecule has 17 heavy (non-hydrogen) atoms. The molecule has 4 nitrogen and oxygen atoms in total. The van der Waals surface area contributed by atoms with Gasteiger partial charge in [-0.25, -0.2) is 4.79 Å². The zero-order valence-electron chi connectivity index (χ0n) is 9.73. The molecular weight excluding hydrogens is 354 g/mol. The van der Waals surface area contributed by atoms with Crippen LogP contribution in [0.5, 0.6) is 0 Å². The smallest absolute Gasteiger partial charge is 0.329 e. The summed E-state index contributed by atoms with van der Waals surface area (Å²) in [5.41, 5.74) is 0. The van der Waals surface area contributed by atoms with Gasteiger partial charge in [-0.3, -0.25) is 4.79 Å². The van der Waals surface area contributed by atoms with Crippen molar-refractivity contribution in [3.8, 4) is 0 Å². The van der Waals surface area contributed by atoms with Crippen LogP contribution in [-0.4, -0.2) is 45.1 Å². The van der Waals surface area contributed by atoms with Gasteiger partial charge in [-0.15, -0.1) is 0 Å². The van der Waals surface area contributed by atoms with Gasteiger partial charge in [0, 0.05) is 22.5 Å². The Kier molecular flexibility index (Phi) is 3.83. The fraction of sp³-hybridized carbons (Fsp3) is 0.818. The maximum absolute atomic E-state index is 12.0. The van der Waals surface area contributed by atoms with Crippen LogP contribution in [0.2, 0.25) is 0 Å². The van der Waals surface area contributed by atoms with E-state index in [1.165, 1.54) is 6.92 Å². The van der Waals surface area contributed by atoms with Crippen LogP contribution < -0.4 is 0 Å². The summed E-state index contributed by atoms with van der Waals surface area (Å²) in [7, 11) is 0. The minimum absolute atomic E-state index is 0.0481. The molecule has 1 saturated carbocycles. The third-order valence-corrected chi connectivity index (χ3v) is 5.66. The molecule has 2 bridgehead atoms. The summed E-state index contributed by atoms with van der Waals surface area (Å²) in [6.45, 7) is 3.64. The molecule has 1 saturated heterocycles. The van der Waals surface area contributed by atoms with Crippen molar-refractivity contribution < 1.29 is 14.3 Å². The average Bonchev–Trinajstić information content (AvgIpc) is 2.68. The van der Waals surface area contributed by atoms with E-state index in [2.05, 4.69) is 31.9 Å². The normalized spacial score (nSPS) is 39.5. The number of likely N-dealkylation sites (tertiary alicyclic amines) is 1. The number of esters is 1. The molecule has 0 aromatic carbocycles. The molecule has 2 aliphatic rings. The van der Waals surface area contributed by atoms with Crippen LogP contribution >= 0.6 is 31.9 Å². The van der Waals surface area contributed by atoms with Crippen LogP contribution in [0.4, 0.5) is 0 Å². The summed E-state index contributed by atoms with van der Waals surface area (Å²) in [6, 6.07) is -0.373. The maximum Gasteiger partial charge on any atom is 0.329 e. The lowest BCUT2D eigenvalue weighted by atomic mass is 9.98. The summed E-state index contributed by atoms with van der Waals surface area (Å²) >= 11 is 7.19. The van der Waals surface area contributed by atoms with Crippen molar-refractivity contribution in [2.45, 2.75) is 42.0 Å². The minimum atomic E-state index is -0.421. The van der Waals surface area contributed by atoms with Gasteiger partial charge < -0.3 is 9.64 Å². The summed E-state index contributed by atoms with van der Waals surface area (Å²) in [6.07, 6.45) is 0.897. The van der Waals surface area contributed by atoms with E-state index in [1.807, 2.05) is 0 Å². The van der Waals surface area contributed by atoms with Crippen LogP contribution in [0, 0.1) is 5.92 Å². The number of alkyl halides is 2. The molecule has 5 atom stereocenters. The molecule has 2 rings (SSSR count). The highest BCUT2D eigenvalue weighted by molar-refractivity contribution is 9.10. The lowest BCUT2D eigenvalue weighted by Crippen LogP contribution is -2.52. The number of fused-ring (bicyclic) bond motifs is 2. The summed E-state index contributed by atoms with van der Waals surface area (Å²) < 4.78 is 5.07. The van der Waals surface area contributed by atoms with Crippen LogP contribution in [0.25, 0.3) is 0 Å². The first-order valence-corrected chi connectivity index (χ1v) is 7.55. The number of carbonyl (C=O) groups is 2. The third-order valence-electron chi connectivity index (χ3n) is 3.52. The Hall–Kier alpha value is -0.100. The molecule has 6 heteroatoms. The number of piperidine rings is 1. The third kappa shape index (κ3) is 2.03. The maximum atomic E-state index is 12.0. The standard InChI is InChI=1S/C11H15Br2NO3/c1-3-17-11(16)9-6-4-7(12)10(8(6)13)14(9)5(2)15/h6-10H,3-4H2,1-2H3/t6-,7-,8+,9-,10+/m1/s1. The molecule has 0 aromatic rings. The first-order valence-electron chi connectivity index (χ1n) is 5.72. The molecule has 1 heterocycles. The second kappa shape index (κ2) is 4.88. The van der Waals surface area contributed by atoms with E-state index >= 15 is 0 Å². The molecular formula is C11H15Br2NO3. The molecule has 96 valence electrons. The summed E-state index contributed by atoms with van der Waals surface area (Å²) in [5, 5.41) is 0. The fourth-order valence-electron chi connectivity index (χ4n) is 2.93. The number of ether oxygens (including phenoxy) is 1.